The summed E-state index contributed by atoms with van der Waals surface area (Å²) in [5.74, 6) is 0.180. The van der Waals surface area contributed by atoms with E-state index in [2.05, 4.69) is 31.2 Å². The van der Waals surface area contributed by atoms with Gasteiger partial charge in [0.05, 0.1) is 0 Å². The van der Waals surface area contributed by atoms with E-state index in [1.54, 1.807) is 6.08 Å². The molecule has 0 heterocycles. The van der Waals surface area contributed by atoms with Crippen molar-refractivity contribution < 1.29 is 4.79 Å². The zero-order chi connectivity index (χ0) is 13.0. The number of fused-ring (bicyclic) bond motifs is 1. The van der Waals surface area contributed by atoms with Crippen LogP contribution in [0.5, 0.6) is 0 Å². The van der Waals surface area contributed by atoms with Crippen LogP contribution in [0.15, 0.2) is 42.0 Å². The zero-order valence-electron chi connectivity index (χ0n) is 11.2. The third-order valence-electron chi connectivity index (χ3n) is 3.47. The molecule has 0 N–H and O–H groups in total. The summed E-state index contributed by atoms with van der Waals surface area (Å²) in [7, 11) is 0. The summed E-state index contributed by atoms with van der Waals surface area (Å²) in [6.07, 6.45) is 7.65. The van der Waals surface area contributed by atoms with E-state index in [4.69, 9.17) is 0 Å². The van der Waals surface area contributed by atoms with Gasteiger partial charge >= 0.3 is 0 Å². The standard InChI is InChI=1S/C17H20O/c1-3-5-10-15-14-11-7-6-9-13(14)12-16(15)17(18)8-4-2/h4,6-9,11H,3,5,10,12H2,1-2H3/b8-4+. The Morgan fingerprint density at radius 3 is 2.83 bits per heavy atom. The Morgan fingerprint density at radius 2 is 2.11 bits per heavy atom. The van der Waals surface area contributed by atoms with E-state index in [0.29, 0.717) is 0 Å². The van der Waals surface area contributed by atoms with Crippen molar-refractivity contribution in [3.8, 4) is 0 Å². The SMILES string of the molecule is C/C=C/C(=O)C1=C(CCCC)c2ccccc2C1. The van der Waals surface area contributed by atoms with Gasteiger partial charge in [-0.05, 0) is 42.5 Å². The number of benzene rings is 1. The molecule has 0 atom stereocenters. The van der Waals surface area contributed by atoms with Crippen molar-refractivity contribution in [3.63, 3.8) is 0 Å². The van der Waals surface area contributed by atoms with E-state index < -0.39 is 0 Å². The third kappa shape index (κ3) is 2.45. The van der Waals surface area contributed by atoms with Crippen LogP contribution < -0.4 is 0 Å². The van der Waals surface area contributed by atoms with Crippen LogP contribution in [0.4, 0.5) is 0 Å². The van der Waals surface area contributed by atoms with Crippen LogP contribution in [-0.2, 0) is 11.2 Å². The van der Waals surface area contributed by atoms with Gasteiger partial charge in [0.2, 0.25) is 0 Å². The highest BCUT2D eigenvalue weighted by Gasteiger charge is 2.23. The van der Waals surface area contributed by atoms with E-state index in [9.17, 15) is 4.79 Å². The molecular formula is C17H20O. The number of ketones is 1. The van der Waals surface area contributed by atoms with Gasteiger partial charge in [0.15, 0.2) is 5.78 Å². The third-order valence-corrected chi connectivity index (χ3v) is 3.47. The number of rotatable bonds is 5. The van der Waals surface area contributed by atoms with Gasteiger partial charge in [-0.15, -0.1) is 0 Å². The van der Waals surface area contributed by atoms with Gasteiger partial charge in [0.25, 0.3) is 0 Å². The maximum Gasteiger partial charge on any atom is 0.182 e. The van der Waals surface area contributed by atoms with Crippen molar-refractivity contribution in [1.29, 1.82) is 0 Å². The van der Waals surface area contributed by atoms with Crippen LogP contribution >= 0.6 is 0 Å². The molecule has 94 valence electrons. The summed E-state index contributed by atoms with van der Waals surface area (Å²) in [6.45, 7) is 4.08. The van der Waals surface area contributed by atoms with Crippen LogP contribution in [-0.4, -0.2) is 5.78 Å². The zero-order valence-corrected chi connectivity index (χ0v) is 11.2. The normalized spacial score (nSPS) is 14.3. The Hall–Kier alpha value is -1.63. The first-order valence-corrected chi connectivity index (χ1v) is 6.75. The minimum absolute atomic E-state index is 0.180. The van der Waals surface area contributed by atoms with Crippen LogP contribution in [0.1, 0.15) is 44.2 Å². The highest BCUT2D eigenvalue weighted by molar-refractivity contribution is 6.11. The van der Waals surface area contributed by atoms with E-state index >= 15 is 0 Å². The number of hydrogen-bond acceptors (Lipinski definition) is 1. The molecule has 1 heteroatoms. The molecule has 0 saturated heterocycles. The minimum atomic E-state index is 0.180. The number of unbranched alkanes of at least 4 members (excludes halogenated alkanes) is 1. The molecule has 1 aromatic rings. The molecule has 1 aliphatic rings. The van der Waals surface area contributed by atoms with E-state index in [0.717, 1.165) is 31.3 Å². The molecule has 0 amide bonds. The van der Waals surface area contributed by atoms with E-state index in [1.807, 2.05) is 13.0 Å². The summed E-state index contributed by atoms with van der Waals surface area (Å²) in [6, 6.07) is 8.40. The number of hydrogen-bond donors (Lipinski definition) is 0. The number of carbonyl (C=O) groups is 1. The van der Waals surface area contributed by atoms with Gasteiger partial charge in [0.1, 0.15) is 0 Å². The highest BCUT2D eigenvalue weighted by Crippen LogP contribution is 2.36. The fourth-order valence-corrected chi connectivity index (χ4v) is 2.56. The van der Waals surface area contributed by atoms with Gasteiger partial charge in [-0.2, -0.15) is 0 Å². The maximum absolute atomic E-state index is 12.1. The van der Waals surface area contributed by atoms with Crippen molar-refractivity contribution in [2.24, 2.45) is 0 Å². The average Bonchev–Trinajstić information content (AvgIpc) is 2.75. The van der Waals surface area contributed by atoms with E-state index in [-0.39, 0.29) is 5.78 Å². The Bertz CT molecular complexity index is 506. The Morgan fingerprint density at radius 1 is 1.33 bits per heavy atom. The smallest absolute Gasteiger partial charge is 0.182 e. The maximum atomic E-state index is 12.1. The summed E-state index contributed by atoms with van der Waals surface area (Å²) >= 11 is 0. The molecule has 1 nitrogen and oxygen atoms in total. The van der Waals surface area contributed by atoms with Crippen molar-refractivity contribution in [3.05, 3.63) is 53.1 Å². The van der Waals surface area contributed by atoms with Gasteiger partial charge in [-0.25, -0.2) is 0 Å². The Balaban J connectivity index is 2.38. The van der Waals surface area contributed by atoms with Crippen molar-refractivity contribution in [1.82, 2.24) is 0 Å². The summed E-state index contributed by atoms with van der Waals surface area (Å²) < 4.78 is 0. The highest BCUT2D eigenvalue weighted by atomic mass is 16.1. The molecule has 18 heavy (non-hydrogen) atoms. The average molecular weight is 240 g/mol. The molecular weight excluding hydrogens is 220 g/mol. The summed E-state index contributed by atoms with van der Waals surface area (Å²) in [5.41, 5.74) is 4.87. The first kappa shape index (κ1) is 12.8. The second-order valence-corrected chi connectivity index (χ2v) is 4.76. The Kier molecular flexibility index (Phi) is 4.14. The minimum Gasteiger partial charge on any atom is -0.290 e. The molecule has 0 spiro atoms. The molecule has 0 fully saturated rings. The molecule has 0 bridgehead atoms. The van der Waals surface area contributed by atoms with Crippen LogP contribution in [0, 0.1) is 0 Å². The first-order chi connectivity index (χ1) is 8.77. The Labute approximate surface area is 109 Å². The van der Waals surface area contributed by atoms with Crippen molar-refractivity contribution in [2.75, 3.05) is 0 Å². The monoisotopic (exact) mass is 240 g/mol. The predicted molar refractivity (Wildman–Crippen MR) is 76.4 cm³/mol. The molecule has 0 aliphatic heterocycles. The fourth-order valence-electron chi connectivity index (χ4n) is 2.56. The van der Waals surface area contributed by atoms with Crippen LogP contribution in [0.2, 0.25) is 0 Å². The second-order valence-electron chi connectivity index (χ2n) is 4.76. The fraction of sp³-hybridized carbons (Fsp3) is 0.353. The van der Waals surface area contributed by atoms with Crippen molar-refractivity contribution in [2.45, 2.75) is 39.5 Å². The molecule has 0 saturated carbocycles. The van der Waals surface area contributed by atoms with Gasteiger partial charge in [-0.3, -0.25) is 4.79 Å². The number of allylic oxidation sites excluding steroid dienone is 4. The molecule has 0 unspecified atom stereocenters. The van der Waals surface area contributed by atoms with Gasteiger partial charge in [0, 0.05) is 12.0 Å². The lowest BCUT2D eigenvalue weighted by Crippen LogP contribution is -2.00. The lowest BCUT2D eigenvalue weighted by Gasteiger charge is -2.06. The van der Waals surface area contributed by atoms with Crippen LogP contribution in [0.25, 0.3) is 5.57 Å². The van der Waals surface area contributed by atoms with E-state index in [1.165, 1.54) is 16.7 Å². The number of carbonyl (C=O) groups excluding carboxylic acids is 1. The van der Waals surface area contributed by atoms with Gasteiger partial charge in [-0.1, -0.05) is 43.7 Å². The van der Waals surface area contributed by atoms with Crippen LogP contribution in [0.3, 0.4) is 0 Å². The molecule has 1 aliphatic carbocycles. The second kappa shape index (κ2) is 5.81. The lowest BCUT2D eigenvalue weighted by atomic mass is 9.98. The summed E-state index contributed by atoms with van der Waals surface area (Å²) in [4.78, 5) is 12.1. The molecule has 0 aromatic heterocycles. The van der Waals surface area contributed by atoms with Crippen molar-refractivity contribution >= 4 is 11.4 Å². The first-order valence-electron chi connectivity index (χ1n) is 6.75. The predicted octanol–water partition coefficient (Wildman–Crippen LogP) is 4.33. The summed E-state index contributed by atoms with van der Waals surface area (Å²) in [5, 5.41) is 0. The molecule has 0 radical (unpaired) electrons. The topological polar surface area (TPSA) is 17.1 Å². The lowest BCUT2D eigenvalue weighted by molar-refractivity contribution is -0.111. The van der Waals surface area contributed by atoms with Gasteiger partial charge < -0.3 is 0 Å². The molecule has 1 aromatic carbocycles. The molecule has 2 rings (SSSR count). The largest absolute Gasteiger partial charge is 0.290 e. The quantitative estimate of drug-likeness (QED) is 0.700.